The quantitative estimate of drug-likeness (QED) is 0.745. The fourth-order valence-electron chi connectivity index (χ4n) is 2.90. The Bertz CT molecular complexity index is 856. The second kappa shape index (κ2) is 8.97. The van der Waals surface area contributed by atoms with Gasteiger partial charge in [0.05, 0.1) is 12.6 Å². The first-order valence-corrected chi connectivity index (χ1v) is 9.46. The van der Waals surface area contributed by atoms with E-state index in [1.807, 2.05) is 24.3 Å². The molecule has 3 atom stereocenters. The summed E-state index contributed by atoms with van der Waals surface area (Å²) in [7, 11) is 0. The Labute approximate surface area is 168 Å². The highest BCUT2D eigenvalue weighted by atomic mass is 35.5. The van der Waals surface area contributed by atoms with E-state index in [4.69, 9.17) is 25.8 Å². The Morgan fingerprint density at radius 2 is 1.93 bits per heavy atom. The third kappa shape index (κ3) is 4.95. The minimum absolute atomic E-state index is 0.182. The number of hydrogen-bond acceptors (Lipinski definition) is 5. The molecule has 6 nitrogen and oxygen atoms in total. The van der Waals surface area contributed by atoms with Crippen LogP contribution in [0.15, 0.2) is 48.5 Å². The molecule has 0 radical (unpaired) electrons. The summed E-state index contributed by atoms with van der Waals surface area (Å²) in [5.74, 6) is 0.208. The molecular weight excluding hydrogens is 382 g/mol. The number of para-hydroxylation sites is 1. The number of benzene rings is 2. The first-order chi connectivity index (χ1) is 13.4. The summed E-state index contributed by atoms with van der Waals surface area (Å²) >= 11 is 5.90. The van der Waals surface area contributed by atoms with Crippen LogP contribution in [0.4, 0.5) is 0 Å². The van der Waals surface area contributed by atoms with E-state index in [1.165, 1.54) is 6.92 Å². The van der Waals surface area contributed by atoms with E-state index in [1.54, 1.807) is 31.2 Å². The van der Waals surface area contributed by atoms with Crippen molar-refractivity contribution in [1.82, 2.24) is 5.32 Å². The maximum Gasteiger partial charge on any atom is 0.347 e. The largest absolute Gasteiger partial charge is 0.493 e. The molecule has 2 aromatic carbocycles. The van der Waals surface area contributed by atoms with Crippen molar-refractivity contribution in [3.8, 4) is 11.5 Å². The summed E-state index contributed by atoms with van der Waals surface area (Å²) in [5, 5.41) is 3.42. The summed E-state index contributed by atoms with van der Waals surface area (Å²) in [5.41, 5.74) is 0.915. The van der Waals surface area contributed by atoms with E-state index in [9.17, 15) is 9.59 Å². The van der Waals surface area contributed by atoms with Crippen LogP contribution >= 0.6 is 11.6 Å². The SMILES string of the molecule is CC(OC(=O)C(C)Oc1cccc(Cl)c1)C(=O)NC1CCOc2ccccc21. The Balaban J connectivity index is 1.54. The number of hydrogen-bond donors (Lipinski definition) is 1. The van der Waals surface area contributed by atoms with Crippen LogP contribution < -0.4 is 14.8 Å². The van der Waals surface area contributed by atoms with Gasteiger partial charge in [0.1, 0.15) is 11.5 Å². The second-order valence-corrected chi connectivity index (χ2v) is 6.97. The van der Waals surface area contributed by atoms with Gasteiger partial charge in [-0.05, 0) is 38.1 Å². The normalized spacial score (nSPS) is 17.5. The van der Waals surface area contributed by atoms with Crippen LogP contribution in [-0.2, 0) is 14.3 Å². The van der Waals surface area contributed by atoms with Gasteiger partial charge in [-0.1, -0.05) is 35.9 Å². The average molecular weight is 404 g/mol. The van der Waals surface area contributed by atoms with Gasteiger partial charge < -0.3 is 19.5 Å². The maximum absolute atomic E-state index is 12.5. The van der Waals surface area contributed by atoms with Gasteiger partial charge in [0, 0.05) is 17.0 Å². The molecule has 3 unspecified atom stereocenters. The van der Waals surface area contributed by atoms with Gasteiger partial charge in [-0.25, -0.2) is 4.79 Å². The molecule has 1 aliphatic heterocycles. The Morgan fingerprint density at radius 3 is 2.71 bits per heavy atom. The van der Waals surface area contributed by atoms with Crippen molar-refractivity contribution in [3.05, 3.63) is 59.1 Å². The van der Waals surface area contributed by atoms with Crippen LogP contribution in [0.2, 0.25) is 5.02 Å². The Kier molecular flexibility index (Phi) is 6.41. The van der Waals surface area contributed by atoms with Crippen LogP contribution in [0.25, 0.3) is 0 Å². The molecule has 0 aliphatic carbocycles. The molecule has 148 valence electrons. The highest BCUT2D eigenvalue weighted by Crippen LogP contribution is 2.31. The zero-order valence-electron chi connectivity index (χ0n) is 15.7. The third-order valence-corrected chi connectivity index (χ3v) is 4.61. The molecule has 2 aromatic rings. The van der Waals surface area contributed by atoms with E-state index >= 15 is 0 Å². The molecule has 1 amide bonds. The van der Waals surface area contributed by atoms with E-state index < -0.39 is 18.2 Å². The second-order valence-electron chi connectivity index (χ2n) is 6.53. The topological polar surface area (TPSA) is 73.9 Å². The molecule has 0 saturated heterocycles. The lowest BCUT2D eigenvalue weighted by atomic mass is 10.0. The molecule has 0 bridgehead atoms. The molecule has 0 spiro atoms. The number of rotatable bonds is 6. The van der Waals surface area contributed by atoms with Crippen molar-refractivity contribution in [2.45, 2.75) is 38.5 Å². The number of carbonyl (C=O) groups excluding carboxylic acids is 2. The molecule has 1 N–H and O–H groups in total. The van der Waals surface area contributed by atoms with E-state index in [0.717, 1.165) is 11.3 Å². The average Bonchev–Trinajstić information content (AvgIpc) is 2.68. The number of ether oxygens (including phenoxy) is 3. The van der Waals surface area contributed by atoms with Crippen molar-refractivity contribution in [2.24, 2.45) is 0 Å². The van der Waals surface area contributed by atoms with Gasteiger partial charge in [-0.2, -0.15) is 0 Å². The number of fused-ring (bicyclic) bond motifs is 1. The van der Waals surface area contributed by atoms with Gasteiger partial charge >= 0.3 is 5.97 Å². The van der Waals surface area contributed by atoms with Gasteiger partial charge in [0.25, 0.3) is 5.91 Å². The lowest BCUT2D eigenvalue weighted by Gasteiger charge is -2.27. The number of halogens is 1. The summed E-state index contributed by atoms with van der Waals surface area (Å²) in [6.07, 6.45) is -1.18. The predicted molar refractivity (Wildman–Crippen MR) is 105 cm³/mol. The van der Waals surface area contributed by atoms with Gasteiger partial charge in [-0.15, -0.1) is 0 Å². The van der Waals surface area contributed by atoms with E-state index in [2.05, 4.69) is 5.32 Å². The van der Waals surface area contributed by atoms with Crippen molar-refractivity contribution in [2.75, 3.05) is 6.61 Å². The van der Waals surface area contributed by atoms with Crippen molar-refractivity contribution >= 4 is 23.5 Å². The molecule has 0 aromatic heterocycles. The van der Waals surface area contributed by atoms with Crippen LogP contribution in [0, 0.1) is 0 Å². The summed E-state index contributed by atoms with van der Waals surface area (Å²) in [4.78, 5) is 24.8. The fraction of sp³-hybridized carbons (Fsp3) is 0.333. The summed E-state index contributed by atoms with van der Waals surface area (Å²) in [6.45, 7) is 3.60. The summed E-state index contributed by atoms with van der Waals surface area (Å²) in [6, 6.07) is 14.1. The number of amides is 1. The fourth-order valence-corrected chi connectivity index (χ4v) is 3.08. The highest BCUT2D eigenvalue weighted by molar-refractivity contribution is 6.30. The predicted octanol–water partition coefficient (Wildman–Crippen LogP) is 3.68. The molecule has 1 heterocycles. The summed E-state index contributed by atoms with van der Waals surface area (Å²) < 4.78 is 16.4. The molecule has 7 heteroatoms. The minimum Gasteiger partial charge on any atom is -0.493 e. The third-order valence-electron chi connectivity index (χ3n) is 4.38. The van der Waals surface area contributed by atoms with Crippen LogP contribution in [0.1, 0.15) is 31.9 Å². The lowest BCUT2D eigenvalue weighted by Crippen LogP contribution is -2.41. The first-order valence-electron chi connectivity index (χ1n) is 9.09. The van der Waals surface area contributed by atoms with Gasteiger partial charge in [0.15, 0.2) is 12.2 Å². The number of esters is 1. The lowest BCUT2D eigenvalue weighted by molar-refractivity contribution is -0.161. The zero-order chi connectivity index (χ0) is 20.1. The van der Waals surface area contributed by atoms with E-state index in [0.29, 0.717) is 23.8 Å². The van der Waals surface area contributed by atoms with Crippen molar-refractivity contribution < 1.29 is 23.8 Å². The van der Waals surface area contributed by atoms with Gasteiger partial charge in [-0.3, -0.25) is 4.79 Å². The molecule has 0 fully saturated rings. The molecule has 28 heavy (non-hydrogen) atoms. The highest BCUT2D eigenvalue weighted by Gasteiger charge is 2.27. The Hall–Kier alpha value is -2.73. The minimum atomic E-state index is -0.951. The number of carbonyl (C=O) groups is 2. The van der Waals surface area contributed by atoms with Gasteiger partial charge in [0.2, 0.25) is 0 Å². The molecule has 3 rings (SSSR count). The van der Waals surface area contributed by atoms with Crippen LogP contribution in [0.5, 0.6) is 11.5 Å². The zero-order valence-corrected chi connectivity index (χ0v) is 16.4. The molecule has 1 aliphatic rings. The standard InChI is InChI=1S/C21H22ClNO5/c1-13(28-21(25)14(2)27-16-7-5-6-15(22)12-16)20(24)23-18-10-11-26-19-9-4-3-8-17(18)19/h3-9,12-14,18H,10-11H2,1-2H3,(H,23,24). The van der Waals surface area contributed by atoms with Crippen LogP contribution in [0.3, 0.4) is 0 Å². The smallest absolute Gasteiger partial charge is 0.347 e. The van der Waals surface area contributed by atoms with E-state index in [-0.39, 0.29) is 11.9 Å². The molecule has 0 saturated carbocycles. The monoisotopic (exact) mass is 403 g/mol. The molecular formula is C21H22ClNO5. The van der Waals surface area contributed by atoms with Crippen LogP contribution in [-0.4, -0.2) is 30.7 Å². The Morgan fingerprint density at radius 1 is 1.14 bits per heavy atom. The maximum atomic E-state index is 12.5. The van der Waals surface area contributed by atoms with Crippen molar-refractivity contribution in [1.29, 1.82) is 0 Å². The van der Waals surface area contributed by atoms with Crippen molar-refractivity contribution in [3.63, 3.8) is 0 Å². The number of nitrogens with one attached hydrogen (secondary N) is 1. The first kappa shape index (κ1) is 20.0.